The second-order valence-corrected chi connectivity index (χ2v) is 4.22. The van der Waals surface area contributed by atoms with E-state index in [0.29, 0.717) is 0 Å². The predicted octanol–water partition coefficient (Wildman–Crippen LogP) is -6.82. The Morgan fingerprint density at radius 3 is 0.526 bits per heavy atom. The van der Waals surface area contributed by atoms with Crippen molar-refractivity contribution in [1.82, 2.24) is 0 Å². The summed E-state index contributed by atoms with van der Waals surface area (Å²) in [4.78, 5) is 72.9. The molecule has 0 spiro atoms. The van der Waals surface area contributed by atoms with E-state index >= 15 is 0 Å². The van der Waals surface area contributed by atoms with Crippen LogP contribution in [0.3, 0.4) is 0 Å². The molecule has 0 aromatic carbocycles. The summed E-state index contributed by atoms with van der Waals surface area (Å²) in [6.07, 6.45) is 0. The fraction of sp³-hybridized carbons (Fsp3) is 0. The molecule has 2 radical (unpaired) electrons. The van der Waals surface area contributed by atoms with Crippen LogP contribution in [0.1, 0.15) is 0 Å². The summed E-state index contributed by atoms with van der Waals surface area (Å²) >= 11 is 0. The first kappa shape index (κ1) is 42.8. The Morgan fingerprint density at radius 1 is 0.526 bits per heavy atom. The zero-order valence-corrected chi connectivity index (χ0v) is 13.5. The van der Waals surface area contributed by atoms with Crippen molar-refractivity contribution in [2.45, 2.75) is 0 Å². The van der Waals surface area contributed by atoms with E-state index in [1.54, 1.807) is 0 Å². The normalized spacial score (nSPS) is 9.32. The predicted molar refractivity (Wildman–Crippen MR) is 30.8 cm³/mol. The van der Waals surface area contributed by atoms with E-state index < -0.39 is 23.5 Å². The van der Waals surface area contributed by atoms with Crippen molar-refractivity contribution in [1.29, 1.82) is 0 Å². The minimum absolute atomic E-state index is 0. The van der Waals surface area contributed by atoms with Gasteiger partial charge in [0.15, 0.2) is 0 Å². The Hall–Kier alpha value is 1.42. The zero-order valence-electron chi connectivity index (χ0n) is 8.07. The monoisotopic (exact) mass is 422 g/mol. The van der Waals surface area contributed by atoms with Crippen LogP contribution >= 0.6 is 23.5 Å². The molecule has 114 valence electrons. The van der Waals surface area contributed by atoms with Gasteiger partial charge in [-0.15, -0.1) is 0 Å². The summed E-state index contributed by atoms with van der Waals surface area (Å²) in [7, 11) is -15.4. The molecule has 0 aliphatic carbocycles. The van der Waals surface area contributed by atoms with E-state index in [2.05, 4.69) is 0 Å². The van der Waals surface area contributed by atoms with Crippen molar-refractivity contribution >= 4 is 23.5 Å². The molecule has 19 heavy (non-hydrogen) atoms. The van der Waals surface area contributed by atoms with Crippen molar-refractivity contribution in [2.24, 2.45) is 0 Å². The standard InChI is InChI=1S/3H3O4P.2O.2V/c3*1-5(2,3)4;;;;/h3*(H3,1,2,3,4);;;;/q;;;2*-2;2*+4/p-6. The van der Waals surface area contributed by atoms with Crippen molar-refractivity contribution in [2.75, 3.05) is 0 Å². The molecule has 0 aromatic rings. The molecule has 0 saturated carbocycles. The van der Waals surface area contributed by atoms with Gasteiger partial charge in [0.1, 0.15) is 0 Å². The minimum Gasteiger partial charge on any atom is -2.00 e. The summed E-state index contributed by atoms with van der Waals surface area (Å²) < 4.78 is 26.0. The Morgan fingerprint density at radius 2 is 0.526 bits per heavy atom. The van der Waals surface area contributed by atoms with Gasteiger partial charge in [-0.3, -0.25) is 0 Å². The van der Waals surface area contributed by atoms with E-state index in [9.17, 15) is 0 Å². The van der Waals surface area contributed by atoms with E-state index in [-0.39, 0.29) is 48.1 Å². The molecule has 0 saturated heterocycles. The molecule has 19 heteroatoms. The van der Waals surface area contributed by atoms with Crippen LogP contribution < -0.4 is 29.4 Å². The molecule has 0 amide bonds. The quantitative estimate of drug-likeness (QED) is 0.307. The summed E-state index contributed by atoms with van der Waals surface area (Å²) in [6.45, 7) is 0. The van der Waals surface area contributed by atoms with E-state index in [0.717, 1.165) is 0 Å². The second-order valence-electron chi connectivity index (χ2n) is 1.41. The fourth-order valence-electron chi connectivity index (χ4n) is 0. The molecule has 0 bridgehead atoms. The first-order valence-electron chi connectivity index (χ1n) is 2.24. The van der Waals surface area contributed by atoms with Gasteiger partial charge >= 0.3 is 37.1 Å². The Balaban J connectivity index is -0.0000000206. The first-order chi connectivity index (χ1) is 6.00. The fourth-order valence-corrected chi connectivity index (χ4v) is 0. The number of hydrogen-bond donors (Lipinski definition) is 3. The molecule has 0 atom stereocenters. The van der Waals surface area contributed by atoms with Crippen molar-refractivity contribution in [3.05, 3.63) is 0 Å². The van der Waals surface area contributed by atoms with Crippen LogP contribution in [0.4, 0.5) is 0 Å². The number of rotatable bonds is 0. The van der Waals surface area contributed by atoms with Crippen molar-refractivity contribution in [3.8, 4) is 0 Å². The van der Waals surface area contributed by atoms with Gasteiger partial charge in [0.25, 0.3) is 0 Å². The summed E-state index contributed by atoms with van der Waals surface area (Å²) in [5, 5.41) is 0. The molecule has 0 rings (SSSR count). The topological polar surface area (TPSA) is 307 Å². The molecule has 3 N–H and O–H groups in total. The Bertz CT molecular complexity index is 207. The average molecular weight is 422 g/mol. The SMILES string of the molecule is O=P([O-])([O-])O.O=P([O-])([O-])O.O=P([O-])([O-])O.[O-2].[O-2].[V+4].[V+4]. The van der Waals surface area contributed by atoms with Gasteiger partial charge in [0.05, 0.1) is 23.5 Å². The molecule has 14 nitrogen and oxygen atoms in total. The maximum absolute atomic E-state index is 8.66. The van der Waals surface area contributed by atoms with Crippen LogP contribution in [0.5, 0.6) is 0 Å². The maximum atomic E-state index is 8.66. The van der Waals surface area contributed by atoms with Gasteiger partial charge in [-0.1, -0.05) is 0 Å². The second kappa shape index (κ2) is 17.5. The maximum Gasteiger partial charge on any atom is 4.00 e. The third kappa shape index (κ3) is 2930. The molecule has 0 aromatic heterocycles. The van der Waals surface area contributed by atoms with Crippen LogP contribution in [0.15, 0.2) is 0 Å². The number of phosphoric acid groups is 3. The molecule has 0 aliphatic rings. The van der Waals surface area contributed by atoms with E-state index in [4.69, 9.17) is 57.7 Å². The summed E-state index contributed by atoms with van der Waals surface area (Å²) in [5.74, 6) is 0. The van der Waals surface area contributed by atoms with Gasteiger partial charge in [-0.05, 0) is 0 Å². The van der Waals surface area contributed by atoms with Crippen molar-refractivity contribution < 1.29 is 106 Å². The van der Waals surface area contributed by atoms with Gasteiger partial charge in [-0.25, -0.2) is 0 Å². The van der Waals surface area contributed by atoms with Crippen LogP contribution in [0, 0.1) is 0 Å². The molecule has 0 heterocycles. The van der Waals surface area contributed by atoms with Crippen LogP contribution in [0.2, 0.25) is 0 Å². The largest absolute Gasteiger partial charge is 4.00 e. The van der Waals surface area contributed by atoms with E-state index in [1.165, 1.54) is 0 Å². The molecule has 0 fully saturated rings. The van der Waals surface area contributed by atoms with Gasteiger partial charge < -0.3 is 68.7 Å². The van der Waals surface area contributed by atoms with Gasteiger partial charge in [0, 0.05) is 0 Å². The summed E-state index contributed by atoms with van der Waals surface area (Å²) in [5.41, 5.74) is 0. The first-order valence-corrected chi connectivity index (χ1v) is 6.73. The third-order valence-corrected chi connectivity index (χ3v) is 0. The zero-order chi connectivity index (χ0) is 13.5. The van der Waals surface area contributed by atoms with Crippen LogP contribution in [0.25, 0.3) is 0 Å². The summed E-state index contributed by atoms with van der Waals surface area (Å²) in [6, 6.07) is 0. The Kier molecular flexibility index (Phi) is 39.3. The number of hydrogen-bond acceptors (Lipinski definition) is 9. The van der Waals surface area contributed by atoms with Crippen molar-refractivity contribution in [3.63, 3.8) is 0 Å². The third-order valence-electron chi connectivity index (χ3n) is 0. The van der Waals surface area contributed by atoms with Gasteiger partial charge in [-0.2, -0.15) is 0 Å². The Labute approximate surface area is 129 Å². The minimum atomic E-state index is -5.14. The smallest absolute Gasteiger partial charge is 2.00 e. The molecule has 0 aliphatic heterocycles. The average Bonchev–Trinajstić information content (AvgIpc) is 1.41. The van der Waals surface area contributed by atoms with Gasteiger partial charge in [0.2, 0.25) is 0 Å². The van der Waals surface area contributed by atoms with Crippen LogP contribution in [-0.4, -0.2) is 14.7 Å². The van der Waals surface area contributed by atoms with Crippen LogP contribution in [-0.2, 0) is 61.8 Å². The molecular weight excluding hydrogens is 419 g/mol. The molecule has 0 unspecified atom stereocenters. The molecular formula is H3O14P3V2-2. The van der Waals surface area contributed by atoms with E-state index in [1.807, 2.05) is 0 Å².